The molecular weight excluding hydrogens is 497 g/mol. The minimum atomic E-state index is -4.65. The Morgan fingerprint density at radius 3 is 2.74 bits per heavy atom. The fraction of sp³-hybridized carbons (Fsp3) is 0.357. The number of nitrogens with one attached hydrogen (secondary N) is 1. The summed E-state index contributed by atoms with van der Waals surface area (Å²) in [4.78, 5) is 35.7. The van der Waals surface area contributed by atoms with Gasteiger partial charge in [-0.2, -0.15) is 13.2 Å². The zero-order chi connectivity index (χ0) is 27.2. The van der Waals surface area contributed by atoms with E-state index in [4.69, 9.17) is 9.72 Å². The summed E-state index contributed by atoms with van der Waals surface area (Å²) in [7, 11) is 0. The van der Waals surface area contributed by atoms with Crippen LogP contribution in [0.4, 0.5) is 24.7 Å². The number of aryl methyl sites for hydroxylation is 1. The predicted octanol–water partition coefficient (Wildman–Crippen LogP) is 5.38. The lowest BCUT2D eigenvalue weighted by Gasteiger charge is -2.47. The molecule has 0 bridgehead atoms. The molecule has 2 aliphatic heterocycles. The summed E-state index contributed by atoms with van der Waals surface area (Å²) in [5.74, 6) is -0.296. The molecule has 1 aromatic carbocycles. The molecule has 1 fully saturated rings. The van der Waals surface area contributed by atoms with Crippen molar-refractivity contribution in [1.82, 2.24) is 9.97 Å². The highest BCUT2D eigenvalue weighted by Gasteiger charge is 2.50. The van der Waals surface area contributed by atoms with Gasteiger partial charge in [-0.3, -0.25) is 19.5 Å². The number of aromatic nitrogens is 2. The Kier molecular flexibility index (Phi) is 6.46. The Labute approximate surface area is 218 Å². The number of hydrogen-bond acceptors (Lipinski definition) is 5. The number of alkyl halides is 3. The van der Waals surface area contributed by atoms with Crippen molar-refractivity contribution in [2.24, 2.45) is 5.92 Å². The van der Waals surface area contributed by atoms with Gasteiger partial charge < -0.3 is 10.1 Å². The quantitative estimate of drug-likeness (QED) is 0.495. The molecule has 5 rings (SSSR count). The monoisotopic (exact) mass is 524 g/mol. The maximum Gasteiger partial charge on any atom is 0.433 e. The van der Waals surface area contributed by atoms with Gasteiger partial charge in [0, 0.05) is 53.3 Å². The van der Waals surface area contributed by atoms with Gasteiger partial charge >= 0.3 is 6.18 Å². The molecule has 38 heavy (non-hydrogen) atoms. The van der Waals surface area contributed by atoms with Crippen molar-refractivity contribution in [2.45, 2.75) is 38.8 Å². The fourth-order valence-electron chi connectivity index (χ4n) is 5.29. The minimum Gasteiger partial charge on any atom is -0.381 e. The number of fused-ring (bicyclic) bond motifs is 3. The van der Waals surface area contributed by atoms with Crippen molar-refractivity contribution < 1.29 is 27.5 Å². The first-order valence-corrected chi connectivity index (χ1v) is 12.4. The van der Waals surface area contributed by atoms with Crippen LogP contribution in [0.1, 0.15) is 47.4 Å². The first-order valence-electron chi connectivity index (χ1n) is 12.4. The SMILES string of the molecule is CCN1C(=O)C2COCCC2(C)c2cc(-c3cc(NC(=O)c4ccnc(C(F)(F)F)c4)ccc3C)cnc21. The van der Waals surface area contributed by atoms with Crippen molar-refractivity contribution in [2.75, 3.05) is 30.0 Å². The number of benzene rings is 1. The van der Waals surface area contributed by atoms with Crippen LogP contribution in [-0.2, 0) is 21.1 Å². The summed E-state index contributed by atoms with van der Waals surface area (Å²) in [6, 6.07) is 9.32. The standard InChI is InChI=1S/C28H27F3N4O3/c1-4-35-24-21(27(3)8-10-38-15-22(27)26(35)37)11-18(14-33-24)20-13-19(6-5-16(20)2)34-25(36)17-7-9-32-23(12-17)28(29,30)31/h5-7,9,11-14,22H,4,8,10,15H2,1-3H3,(H,34,36). The van der Waals surface area contributed by atoms with Crippen LogP contribution < -0.4 is 10.2 Å². The molecule has 3 aromatic rings. The minimum absolute atomic E-state index is 0.0214. The number of carbonyl (C=O) groups is 2. The smallest absolute Gasteiger partial charge is 0.381 e. The first-order chi connectivity index (χ1) is 18.0. The molecule has 0 saturated carbocycles. The van der Waals surface area contributed by atoms with Gasteiger partial charge in [-0.1, -0.05) is 13.0 Å². The molecule has 0 spiro atoms. The Morgan fingerprint density at radius 1 is 1.21 bits per heavy atom. The number of ether oxygens (including phenoxy) is 1. The van der Waals surface area contributed by atoms with Gasteiger partial charge in [-0.05, 0) is 61.7 Å². The summed E-state index contributed by atoms with van der Waals surface area (Å²) >= 11 is 0. The molecule has 1 saturated heterocycles. The number of rotatable bonds is 4. The van der Waals surface area contributed by atoms with E-state index in [1.165, 1.54) is 6.07 Å². The van der Waals surface area contributed by atoms with E-state index in [2.05, 4.69) is 23.3 Å². The van der Waals surface area contributed by atoms with Gasteiger partial charge in [0.2, 0.25) is 5.91 Å². The average Bonchev–Trinajstić information content (AvgIpc) is 2.89. The van der Waals surface area contributed by atoms with Gasteiger partial charge in [0.25, 0.3) is 5.91 Å². The highest BCUT2D eigenvalue weighted by atomic mass is 19.4. The van der Waals surface area contributed by atoms with E-state index in [1.54, 1.807) is 23.2 Å². The van der Waals surface area contributed by atoms with E-state index in [0.717, 1.165) is 34.5 Å². The van der Waals surface area contributed by atoms with Gasteiger partial charge in [0.1, 0.15) is 11.5 Å². The second-order valence-electron chi connectivity index (χ2n) is 9.88. The lowest BCUT2D eigenvalue weighted by molar-refractivity contribution is -0.141. The molecule has 2 atom stereocenters. The van der Waals surface area contributed by atoms with Crippen molar-refractivity contribution in [3.63, 3.8) is 0 Å². The van der Waals surface area contributed by atoms with Crippen LogP contribution in [0.5, 0.6) is 0 Å². The van der Waals surface area contributed by atoms with Crippen LogP contribution in [0.15, 0.2) is 48.8 Å². The molecule has 0 radical (unpaired) electrons. The van der Waals surface area contributed by atoms with E-state index in [-0.39, 0.29) is 17.4 Å². The van der Waals surface area contributed by atoms with Gasteiger partial charge in [-0.25, -0.2) is 4.98 Å². The van der Waals surface area contributed by atoms with Gasteiger partial charge in [-0.15, -0.1) is 0 Å². The summed E-state index contributed by atoms with van der Waals surface area (Å²) < 4.78 is 44.8. The summed E-state index contributed by atoms with van der Waals surface area (Å²) in [5, 5.41) is 2.69. The molecule has 4 heterocycles. The molecule has 2 amide bonds. The maximum atomic E-state index is 13.2. The third-order valence-corrected chi connectivity index (χ3v) is 7.56. The Morgan fingerprint density at radius 2 is 2.00 bits per heavy atom. The van der Waals surface area contributed by atoms with E-state index < -0.39 is 23.2 Å². The number of pyridine rings is 2. The van der Waals surface area contributed by atoms with Crippen LogP contribution in [0.2, 0.25) is 0 Å². The molecule has 0 aliphatic carbocycles. The number of anilines is 2. The summed E-state index contributed by atoms with van der Waals surface area (Å²) in [6.07, 6.45) is -1.28. The highest BCUT2D eigenvalue weighted by molar-refractivity contribution is 6.04. The zero-order valence-electron chi connectivity index (χ0n) is 21.2. The van der Waals surface area contributed by atoms with Crippen LogP contribution in [0.3, 0.4) is 0 Å². The summed E-state index contributed by atoms with van der Waals surface area (Å²) in [5.41, 5.74) is 2.28. The van der Waals surface area contributed by atoms with Gasteiger partial charge in [0.05, 0.1) is 12.5 Å². The molecule has 198 valence electrons. The second kappa shape index (κ2) is 9.50. The lowest BCUT2D eigenvalue weighted by Crippen LogP contribution is -2.55. The number of nitrogens with zero attached hydrogens (tertiary/aromatic N) is 3. The molecule has 2 aliphatic rings. The van der Waals surface area contributed by atoms with Crippen LogP contribution in [-0.4, -0.2) is 41.5 Å². The highest BCUT2D eigenvalue weighted by Crippen LogP contribution is 2.48. The van der Waals surface area contributed by atoms with Crippen LogP contribution in [0, 0.1) is 12.8 Å². The largest absolute Gasteiger partial charge is 0.433 e. The summed E-state index contributed by atoms with van der Waals surface area (Å²) in [6.45, 7) is 7.35. The lowest BCUT2D eigenvalue weighted by atomic mass is 9.66. The normalized spacial score (nSPS) is 21.1. The molecule has 10 heteroatoms. The van der Waals surface area contributed by atoms with Crippen LogP contribution >= 0.6 is 0 Å². The Bertz CT molecular complexity index is 1420. The molecular formula is C28H27F3N4O3. The molecule has 2 unspecified atom stereocenters. The molecule has 1 N–H and O–H groups in total. The Hall–Kier alpha value is -3.79. The van der Waals surface area contributed by atoms with Crippen molar-refractivity contribution >= 4 is 23.3 Å². The van der Waals surface area contributed by atoms with Crippen LogP contribution in [0.25, 0.3) is 11.1 Å². The number of amides is 2. The van der Waals surface area contributed by atoms with Gasteiger partial charge in [0.15, 0.2) is 0 Å². The average molecular weight is 525 g/mol. The first kappa shape index (κ1) is 25.8. The third kappa shape index (κ3) is 4.42. The Balaban J connectivity index is 1.50. The molecule has 2 aromatic heterocycles. The number of hydrogen-bond donors (Lipinski definition) is 1. The fourth-order valence-corrected chi connectivity index (χ4v) is 5.29. The second-order valence-corrected chi connectivity index (χ2v) is 9.88. The van der Waals surface area contributed by atoms with E-state index in [0.29, 0.717) is 37.7 Å². The van der Waals surface area contributed by atoms with Crippen molar-refractivity contribution in [3.8, 4) is 11.1 Å². The topological polar surface area (TPSA) is 84.4 Å². The third-order valence-electron chi connectivity index (χ3n) is 7.56. The van der Waals surface area contributed by atoms with Crippen molar-refractivity contribution in [1.29, 1.82) is 0 Å². The number of carbonyl (C=O) groups excluding carboxylic acids is 2. The number of halogens is 3. The molecule has 7 nitrogen and oxygen atoms in total. The van der Waals surface area contributed by atoms with E-state index >= 15 is 0 Å². The maximum absolute atomic E-state index is 13.2. The van der Waals surface area contributed by atoms with E-state index in [1.807, 2.05) is 19.9 Å². The zero-order valence-corrected chi connectivity index (χ0v) is 21.2. The van der Waals surface area contributed by atoms with E-state index in [9.17, 15) is 22.8 Å². The van der Waals surface area contributed by atoms with Crippen molar-refractivity contribution in [3.05, 3.63) is 71.2 Å². The predicted molar refractivity (Wildman–Crippen MR) is 136 cm³/mol.